The summed E-state index contributed by atoms with van der Waals surface area (Å²) in [4.78, 5) is 40.1. The number of aromatic nitrogens is 2. The second-order valence-corrected chi connectivity index (χ2v) is 9.38. The second-order valence-electron chi connectivity index (χ2n) is 8.40. The van der Waals surface area contributed by atoms with Crippen molar-refractivity contribution in [3.05, 3.63) is 82.9 Å². The van der Waals surface area contributed by atoms with Gasteiger partial charge in [0.25, 0.3) is 5.91 Å². The van der Waals surface area contributed by atoms with E-state index in [1.165, 1.54) is 0 Å². The SMILES string of the molecule is Cl.O=C(CN(C(=O)c1ccc2cc[nH]c2c1)c1ccccc1)N1CCN(CCc2nccs2)CC1. The van der Waals surface area contributed by atoms with Gasteiger partial charge in [-0.15, -0.1) is 23.7 Å². The Kier molecular flexibility index (Phi) is 8.17. The van der Waals surface area contributed by atoms with Gasteiger partial charge in [0, 0.05) is 73.7 Å². The van der Waals surface area contributed by atoms with Crippen LogP contribution in [0.5, 0.6) is 0 Å². The lowest BCUT2D eigenvalue weighted by Crippen LogP contribution is -2.52. The van der Waals surface area contributed by atoms with Crippen molar-refractivity contribution < 1.29 is 9.59 Å². The zero-order chi connectivity index (χ0) is 23.3. The third-order valence-corrected chi connectivity index (χ3v) is 7.10. The number of carbonyl (C=O) groups is 2. The number of fused-ring (bicyclic) bond motifs is 1. The van der Waals surface area contributed by atoms with Crippen LogP contribution in [-0.4, -0.2) is 70.9 Å². The number of piperazine rings is 1. The van der Waals surface area contributed by atoms with Gasteiger partial charge in [-0.3, -0.25) is 19.4 Å². The Morgan fingerprint density at radius 2 is 1.83 bits per heavy atom. The summed E-state index contributed by atoms with van der Waals surface area (Å²) in [5.41, 5.74) is 2.17. The van der Waals surface area contributed by atoms with Crippen molar-refractivity contribution >= 4 is 52.1 Å². The first-order chi connectivity index (χ1) is 16.7. The van der Waals surface area contributed by atoms with E-state index in [1.54, 1.807) is 16.2 Å². The van der Waals surface area contributed by atoms with Gasteiger partial charge < -0.3 is 9.88 Å². The Labute approximate surface area is 214 Å². The van der Waals surface area contributed by atoms with Crippen LogP contribution >= 0.6 is 23.7 Å². The number of rotatable bonds is 7. The highest BCUT2D eigenvalue weighted by atomic mass is 35.5. The number of hydrogen-bond donors (Lipinski definition) is 1. The van der Waals surface area contributed by atoms with Crippen LogP contribution < -0.4 is 4.90 Å². The number of nitrogens with zero attached hydrogens (tertiary/aromatic N) is 4. The van der Waals surface area contributed by atoms with Gasteiger partial charge in [0.1, 0.15) is 6.54 Å². The van der Waals surface area contributed by atoms with E-state index in [0.717, 1.165) is 47.7 Å². The van der Waals surface area contributed by atoms with Crippen molar-refractivity contribution in [2.75, 3.05) is 44.2 Å². The molecule has 3 heterocycles. The Bertz CT molecular complexity index is 1250. The fourth-order valence-electron chi connectivity index (χ4n) is 4.31. The molecule has 4 aromatic rings. The molecule has 7 nitrogen and oxygen atoms in total. The van der Waals surface area contributed by atoms with Gasteiger partial charge in [0.2, 0.25) is 5.91 Å². The summed E-state index contributed by atoms with van der Waals surface area (Å²) in [6.45, 7) is 3.97. The summed E-state index contributed by atoms with van der Waals surface area (Å²) < 4.78 is 0. The molecule has 0 atom stereocenters. The predicted octanol–water partition coefficient (Wildman–Crippen LogP) is 4.08. The molecule has 35 heavy (non-hydrogen) atoms. The standard InChI is InChI=1S/C26H27N5O2S.ClH/c32-25(30-15-13-29(14-16-30)12-9-24-28-11-17-34-24)19-31(22-4-2-1-3-5-22)26(33)21-7-6-20-8-10-27-23(20)18-21;/h1-8,10-11,17-18,27H,9,12-16,19H2;1H. The van der Waals surface area contributed by atoms with Crippen LogP contribution in [0, 0.1) is 0 Å². The number of thiazole rings is 1. The molecule has 5 rings (SSSR count). The maximum Gasteiger partial charge on any atom is 0.258 e. The van der Waals surface area contributed by atoms with E-state index in [1.807, 2.05) is 77.3 Å². The summed E-state index contributed by atoms with van der Waals surface area (Å²) >= 11 is 1.68. The van der Waals surface area contributed by atoms with E-state index in [-0.39, 0.29) is 30.8 Å². The lowest BCUT2D eigenvalue weighted by atomic mass is 10.1. The molecule has 2 aromatic heterocycles. The fourth-order valence-corrected chi connectivity index (χ4v) is 4.92. The van der Waals surface area contributed by atoms with Gasteiger partial charge in [-0.2, -0.15) is 0 Å². The maximum atomic E-state index is 13.5. The smallest absolute Gasteiger partial charge is 0.258 e. The number of aromatic amines is 1. The number of benzene rings is 2. The van der Waals surface area contributed by atoms with E-state index < -0.39 is 0 Å². The van der Waals surface area contributed by atoms with Crippen molar-refractivity contribution in [2.24, 2.45) is 0 Å². The van der Waals surface area contributed by atoms with Crippen molar-refractivity contribution in [1.82, 2.24) is 19.8 Å². The first-order valence-electron chi connectivity index (χ1n) is 11.5. The number of halogens is 1. The van der Waals surface area contributed by atoms with Gasteiger partial charge >= 0.3 is 0 Å². The second kappa shape index (κ2) is 11.5. The van der Waals surface area contributed by atoms with Crippen molar-refractivity contribution in [2.45, 2.75) is 6.42 Å². The summed E-state index contributed by atoms with van der Waals surface area (Å²) in [6.07, 6.45) is 4.63. The number of H-pyrrole nitrogens is 1. The molecule has 182 valence electrons. The van der Waals surface area contributed by atoms with Gasteiger partial charge in [-0.1, -0.05) is 24.3 Å². The molecule has 2 aromatic carbocycles. The predicted molar refractivity (Wildman–Crippen MR) is 143 cm³/mol. The lowest BCUT2D eigenvalue weighted by Gasteiger charge is -2.35. The van der Waals surface area contributed by atoms with Gasteiger partial charge in [0.15, 0.2) is 0 Å². The first kappa shape index (κ1) is 24.9. The summed E-state index contributed by atoms with van der Waals surface area (Å²) in [7, 11) is 0. The van der Waals surface area contributed by atoms with Crippen molar-refractivity contribution in [3.8, 4) is 0 Å². The number of hydrogen-bond acceptors (Lipinski definition) is 5. The lowest BCUT2D eigenvalue weighted by molar-refractivity contribution is -0.131. The number of para-hydroxylation sites is 1. The molecular weight excluding hydrogens is 482 g/mol. The largest absolute Gasteiger partial charge is 0.361 e. The Morgan fingerprint density at radius 1 is 1.03 bits per heavy atom. The normalized spacial score (nSPS) is 14.0. The molecule has 1 aliphatic heterocycles. The number of amides is 2. The minimum absolute atomic E-state index is 0. The Balaban J connectivity index is 0.00000289. The average Bonchev–Trinajstić information content (AvgIpc) is 3.58. The molecule has 0 spiro atoms. The van der Waals surface area contributed by atoms with E-state index in [0.29, 0.717) is 18.7 Å². The van der Waals surface area contributed by atoms with Gasteiger partial charge in [-0.25, -0.2) is 4.98 Å². The van der Waals surface area contributed by atoms with E-state index in [9.17, 15) is 9.59 Å². The van der Waals surface area contributed by atoms with Crippen LogP contribution in [-0.2, 0) is 11.2 Å². The van der Waals surface area contributed by atoms with Crippen LogP contribution in [0.1, 0.15) is 15.4 Å². The minimum Gasteiger partial charge on any atom is -0.361 e. The van der Waals surface area contributed by atoms with Gasteiger partial charge in [0.05, 0.1) is 5.01 Å². The number of nitrogens with one attached hydrogen (secondary N) is 1. The quantitative estimate of drug-likeness (QED) is 0.407. The third-order valence-electron chi connectivity index (χ3n) is 6.26. The molecule has 9 heteroatoms. The number of carbonyl (C=O) groups excluding carboxylic acids is 2. The molecule has 0 saturated carbocycles. The number of anilines is 1. The van der Waals surface area contributed by atoms with Crippen LogP contribution in [0.2, 0.25) is 0 Å². The highest BCUT2D eigenvalue weighted by Gasteiger charge is 2.26. The van der Waals surface area contributed by atoms with Crippen LogP contribution in [0.15, 0.2) is 72.4 Å². The highest BCUT2D eigenvalue weighted by molar-refractivity contribution is 7.09. The Morgan fingerprint density at radius 3 is 2.57 bits per heavy atom. The summed E-state index contributed by atoms with van der Waals surface area (Å²) in [5.74, 6) is -0.212. The van der Waals surface area contributed by atoms with E-state index >= 15 is 0 Å². The van der Waals surface area contributed by atoms with E-state index in [2.05, 4.69) is 14.9 Å². The monoisotopic (exact) mass is 509 g/mol. The molecule has 1 N–H and O–H groups in total. The molecule has 2 amide bonds. The summed E-state index contributed by atoms with van der Waals surface area (Å²) in [6, 6.07) is 17.0. The topological polar surface area (TPSA) is 72.5 Å². The molecule has 1 aliphatic rings. The minimum atomic E-state index is -0.182. The van der Waals surface area contributed by atoms with E-state index in [4.69, 9.17) is 0 Å². The highest BCUT2D eigenvalue weighted by Crippen LogP contribution is 2.20. The van der Waals surface area contributed by atoms with Crippen molar-refractivity contribution in [3.63, 3.8) is 0 Å². The molecular formula is C26H28ClN5O2S. The van der Waals surface area contributed by atoms with Crippen LogP contribution in [0.4, 0.5) is 5.69 Å². The van der Waals surface area contributed by atoms with Crippen LogP contribution in [0.25, 0.3) is 10.9 Å². The average molecular weight is 510 g/mol. The Hall–Kier alpha value is -3.20. The zero-order valence-corrected chi connectivity index (χ0v) is 20.9. The van der Waals surface area contributed by atoms with Crippen LogP contribution in [0.3, 0.4) is 0 Å². The zero-order valence-electron chi connectivity index (χ0n) is 19.3. The van der Waals surface area contributed by atoms with Crippen molar-refractivity contribution in [1.29, 1.82) is 0 Å². The fraction of sp³-hybridized carbons (Fsp3) is 0.269. The van der Waals surface area contributed by atoms with Gasteiger partial charge in [-0.05, 0) is 35.7 Å². The molecule has 0 bridgehead atoms. The third kappa shape index (κ3) is 5.90. The molecule has 1 saturated heterocycles. The molecule has 1 fully saturated rings. The first-order valence-corrected chi connectivity index (χ1v) is 12.4. The molecule has 0 radical (unpaired) electrons. The maximum absolute atomic E-state index is 13.5. The molecule has 0 aliphatic carbocycles. The molecule has 0 unspecified atom stereocenters. The summed E-state index contributed by atoms with van der Waals surface area (Å²) in [5, 5.41) is 4.20.